The van der Waals surface area contributed by atoms with Gasteiger partial charge in [-0.3, -0.25) is 0 Å². The number of halogens is 1. The molecule has 0 amide bonds. The first kappa shape index (κ1) is 20.7. The van der Waals surface area contributed by atoms with Crippen LogP contribution in [0.5, 0.6) is 0 Å². The minimum Gasteiger partial charge on any atom is -0.372 e. The van der Waals surface area contributed by atoms with Gasteiger partial charge in [-0.2, -0.15) is 9.97 Å². The van der Waals surface area contributed by atoms with E-state index in [9.17, 15) is 4.39 Å². The second-order valence-corrected chi connectivity index (χ2v) is 7.66. The van der Waals surface area contributed by atoms with Crippen LogP contribution in [0.15, 0.2) is 55.1 Å². The van der Waals surface area contributed by atoms with Crippen LogP contribution in [0, 0.1) is 0 Å². The first-order valence-corrected chi connectivity index (χ1v) is 10.3. The molecule has 4 rings (SSSR count). The summed E-state index contributed by atoms with van der Waals surface area (Å²) in [5, 5.41) is 6.60. The van der Waals surface area contributed by atoms with E-state index in [0.29, 0.717) is 23.7 Å². The Labute approximate surface area is 182 Å². The van der Waals surface area contributed by atoms with E-state index < -0.39 is 6.67 Å². The lowest BCUT2D eigenvalue weighted by Crippen LogP contribution is -2.42. The number of nitrogens with one attached hydrogen (secondary N) is 2. The molecule has 7 heteroatoms. The van der Waals surface area contributed by atoms with Gasteiger partial charge in [0.25, 0.3) is 0 Å². The standard InChI is InChI=1S/C24H27FN6/c1-3-20-22(27-2)29-24(26)30-23(20)28-19-12-18-9-4-5-10-21(18)31(15-19)14-17-8-6-7-16(11-17)13-25/h3-11,19H,1,12-15H2,2H3,(H4,26,27,28,29,30). The second kappa shape index (κ2) is 9.04. The fourth-order valence-electron chi connectivity index (χ4n) is 4.14. The van der Waals surface area contributed by atoms with Crippen LogP contribution in [0.1, 0.15) is 22.3 Å². The van der Waals surface area contributed by atoms with E-state index in [1.165, 1.54) is 11.3 Å². The molecule has 1 unspecified atom stereocenters. The maximum absolute atomic E-state index is 13.1. The third kappa shape index (κ3) is 4.45. The van der Waals surface area contributed by atoms with Gasteiger partial charge >= 0.3 is 0 Å². The number of fused-ring (bicyclic) bond motifs is 1. The molecule has 0 bridgehead atoms. The van der Waals surface area contributed by atoms with E-state index in [2.05, 4.69) is 56.3 Å². The summed E-state index contributed by atoms with van der Waals surface area (Å²) < 4.78 is 13.1. The van der Waals surface area contributed by atoms with Crippen LogP contribution < -0.4 is 21.3 Å². The Bertz CT molecular complexity index is 1080. The SMILES string of the molecule is C=Cc1c(NC)nc(N)nc1NC1Cc2ccccc2N(Cc2cccc(CF)c2)C1. The number of nitrogens with two attached hydrogens (primary N) is 1. The highest BCUT2D eigenvalue weighted by Gasteiger charge is 2.25. The van der Waals surface area contributed by atoms with Gasteiger partial charge in [-0.05, 0) is 29.2 Å². The van der Waals surface area contributed by atoms with Crippen LogP contribution in [0.2, 0.25) is 0 Å². The molecule has 0 radical (unpaired) electrons. The lowest BCUT2D eigenvalue weighted by Gasteiger charge is -2.37. The number of hydrogen-bond acceptors (Lipinski definition) is 6. The summed E-state index contributed by atoms with van der Waals surface area (Å²) in [4.78, 5) is 11.0. The van der Waals surface area contributed by atoms with Crippen molar-refractivity contribution in [2.45, 2.75) is 25.7 Å². The molecule has 160 valence electrons. The molecule has 0 saturated heterocycles. The first-order chi connectivity index (χ1) is 15.1. The Kier molecular flexibility index (Phi) is 6.02. The van der Waals surface area contributed by atoms with Crippen molar-refractivity contribution in [3.63, 3.8) is 0 Å². The van der Waals surface area contributed by atoms with E-state index in [1.807, 2.05) is 24.3 Å². The van der Waals surface area contributed by atoms with Crippen LogP contribution in [0.4, 0.5) is 27.7 Å². The molecule has 1 aromatic heterocycles. The van der Waals surface area contributed by atoms with Gasteiger partial charge in [0.1, 0.15) is 18.3 Å². The van der Waals surface area contributed by atoms with Gasteiger partial charge in [0.15, 0.2) is 0 Å². The Balaban J connectivity index is 1.63. The smallest absolute Gasteiger partial charge is 0.223 e. The lowest BCUT2D eigenvalue weighted by atomic mass is 9.97. The molecule has 1 aliphatic heterocycles. The summed E-state index contributed by atoms with van der Waals surface area (Å²) in [5.41, 5.74) is 10.9. The maximum atomic E-state index is 13.1. The first-order valence-electron chi connectivity index (χ1n) is 10.3. The molecule has 1 atom stereocenters. The van der Waals surface area contributed by atoms with Crippen molar-refractivity contribution >= 4 is 29.3 Å². The van der Waals surface area contributed by atoms with Crippen LogP contribution in [0.3, 0.4) is 0 Å². The van der Waals surface area contributed by atoms with Gasteiger partial charge in [-0.15, -0.1) is 0 Å². The van der Waals surface area contributed by atoms with E-state index in [-0.39, 0.29) is 12.0 Å². The zero-order valence-electron chi connectivity index (χ0n) is 17.6. The predicted molar refractivity (Wildman–Crippen MR) is 126 cm³/mol. The summed E-state index contributed by atoms with van der Waals surface area (Å²) in [6.07, 6.45) is 2.58. The molecule has 0 spiro atoms. The fourth-order valence-corrected chi connectivity index (χ4v) is 4.14. The topological polar surface area (TPSA) is 79.1 Å². The molecule has 31 heavy (non-hydrogen) atoms. The number of nitrogens with zero attached hydrogens (tertiary/aromatic N) is 3. The Morgan fingerprint density at radius 1 is 1.16 bits per heavy atom. The third-order valence-electron chi connectivity index (χ3n) is 5.50. The molecule has 1 aliphatic rings. The number of nitrogen functional groups attached to an aromatic ring is 1. The number of alkyl halides is 1. The predicted octanol–water partition coefficient (Wildman–Crippen LogP) is 4.26. The van der Waals surface area contributed by atoms with Crippen LogP contribution in [-0.4, -0.2) is 29.6 Å². The summed E-state index contributed by atoms with van der Waals surface area (Å²) in [6.45, 7) is 4.92. The van der Waals surface area contributed by atoms with Crippen molar-refractivity contribution in [1.82, 2.24) is 9.97 Å². The molecule has 2 aromatic carbocycles. The van der Waals surface area contributed by atoms with Crippen molar-refractivity contribution in [3.05, 3.63) is 77.4 Å². The largest absolute Gasteiger partial charge is 0.372 e. The molecular formula is C24H27FN6. The molecule has 0 saturated carbocycles. The van der Waals surface area contributed by atoms with Gasteiger partial charge in [0.05, 0.1) is 5.56 Å². The van der Waals surface area contributed by atoms with Crippen molar-refractivity contribution in [2.75, 3.05) is 34.9 Å². The monoisotopic (exact) mass is 418 g/mol. The van der Waals surface area contributed by atoms with Gasteiger partial charge in [-0.1, -0.05) is 55.1 Å². The second-order valence-electron chi connectivity index (χ2n) is 7.66. The summed E-state index contributed by atoms with van der Waals surface area (Å²) in [7, 11) is 1.79. The van der Waals surface area contributed by atoms with Gasteiger partial charge in [0, 0.05) is 31.9 Å². The lowest BCUT2D eigenvalue weighted by molar-refractivity contribution is 0.485. The minimum atomic E-state index is -0.456. The summed E-state index contributed by atoms with van der Waals surface area (Å²) in [6, 6.07) is 16.2. The highest BCUT2D eigenvalue weighted by Crippen LogP contribution is 2.31. The van der Waals surface area contributed by atoms with Crippen LogP contribution in [-0.2, 0) is 19.6 Å². The fraction of sp³-hybridized carbons (Fsp3) is 0.250. The molecule has 3 aromatic rings. The van der Waals surface area contributed by atoms with E-state index >= 15 is 0 Å². The Morgan fingerprint density at radius 3 is 2.71 bits per heavy atom. The number of anilines is 4. The number of para-hydroxylation sites is 1. The van der Waals surface area contributed by atoms with Gasteiger partial charge < -0.3 is 21.3 Å². The molecule has 6 nitrogen and oxygen atoms in total. The molecule has 4 N–H and O–H groups in total. The zero-order chi connectivity index (χ0) is 21.8. The summed E-state index contributed by atoms with van der Waals surface area (Å²) in [5.74, 6) is 1.50. The molecule has 2 heterocycles. The molecule has 0 fully saturated rings. The highest BCUT2D eigenvalue weighted by molar-refractivity contribution is 5.74. The van der Waals surface area contributed by atoms with E-state index in [1.54, 1.807) is 13.1 Å². The average molecular weight is 419 g/mol. The average Bonchev–Trinajstić information content (AvgIpc) is 2.79. The molecular weight excluding hydrogens is 391 g/mol. The Hall–Kier alpha value is -3.61. The quantitative estimate of drug-likeness (QED) is 0.532. The van der Waals surface area contributed by atoms with Gasteiger partial charge in [-0.25, -0.2) is 4.39 Å². The van der Waals surface area contributed by atoms with E-state index in [4.69, 9.17) is 5.73 Å². The number of rotatable bonds is 7. The Morgan fingerprint density at radius 2 is 1.94 bits per heavy atom. The van der Waals surface area contributed by atoms with Crippen molar-refractivity contribution in [3.8, 4) is 0 Å². The minimum absolute atomic E-state index is 0.108. The number of aromatic nitrogens is 2. The van der Waals surface area contributed by atoms with Crippen molar-refractivity contribution in [2.24, 2.45) is 0 Å². The third-order valence-corrected chi connectivity index (χ3v) is 5.50. The van der Waals surface area contributed by atoms with Crippen LogP contribution >= 0.6 is 0 Å². The van der Waals surface area contributed by atoms with Crippen molar-refractivity contribution < 1.29 is 4.39 Å². The van der Waals surface area contributed by atoms with Gasteiger partial charge in [0.2, 0.25) is 5.95 Å². The normalized spacial score (nSPS) is 15.3. The number of benzene rings is 2. The molecule has 0 aliphatic carbocycles. The highest BCUT2D eigenvalue weighted by atomic mass is 19.1. The van der Waals surface area contributed by atoms with Crippen LogP contribution in [0.25, 0.3) is 6.08 Å². The summed E-state index contributed by atoms with van der Waals surface area (Å²) >= 11 is 0. The van der Waals surface area contributed by atoms with Crippen molar-refractivity contribution in [1.29, 1.82) is 0 Å². The van der Waals surface area contributed by atoms with E-state index in [0.717, 1.165) is 24.1 Å². The number of hydrogen-bond donors (Lipinski definition) is 3. The maximum Gasteiger partial charge on any atom is 0.223 e. The zero-order valence-corrected chi connectivity index (χ0v) is 17.6.